The van der Waals surface area contributed by atoms with E-state index in [2.05, 4.69) is 0 Å². The van der Waals surface area contributed by atoms with Gasteiger partial charge in [-0.3, -0.25) is 9.59 Å². The van der Waals surface area contributed by atoms with Gasteiger partial charge in [-0.15, -0.1) is 11.3 Å². The molecule has 0 saturated heterocycles. The SMILES string of the molecule is CCOCCCN(CC(=O)N(Cc1ccccc1)Cc1cccn1C)C(=O)c1cccs1. The molecule has 3 aromatic rings. The average Bonchev–Trinajstić information content (AvgIpc) is 3.48. The molecule has 2 aromatic heterocycles. The highest BCUT2D eigenvalue weighted by Crippen LogP contribution is 2.15. The van der Waals surface area contributed by atoms with Crippen molar-refractivity contribution in [3.8, 4) is 0 Å². The number of thiophene rings is 1. The van der Waals surface area contributed by atoms with Crippen LogP contribution in [-0.4, -0.2) is 52.5 Å². The number of aromatic nitrogens is 1. The van der Waals surface area contributed by atoms with Crippen molar-refractivity contribution in [2.24, 2.45) is 7.05 Å². The molecule has 0 unspecified atom stereocenters. The van der Waals surface area contributed by atoms with Gasteiger partial charge in [-0.25, -0.2) is 0 Å². The summed E-state index contributed by atoms with van der Waals surface area (Å²) in [5.41, 5.74) is 2.10. The van der Waals surface area contributed by atoms with Crippen molar-refractivity contribution in [3.05, 3.63) is 82.3 Å². The summed E-state index contributed by atoms with van der Waals surface area (Å²) in [5, 5.41) is 1.88. The summed E-state index contributed by atoms with van der Waals surface area (Å²) in [7, 11) is 1.97. The summed E-state index contributed by atoms with van der Waals surface area (Å²) in [6.45, 7) is 4.65. The number of hydrogen-bond donors (Lipinski definition) is 0. The Bertz CT molecular complexity index is 970. The van der Waals surface area contributed by atoms with Crippen LogP contribution in [0.4, 0.5) is 0 Å². The van der Waals surface area contributed by atoms with Gasteiger partial charge in [0, 0.05) is 45.2 Å². The fourth-order valence-electron chi connectivity index (χ4n) is 3.47. The van der Waals surface area contributed by atoms with E-state index in [0.29, 0.717) is 44.1 Å². The summed E-state index contributed by atoms with van der Waals surface area (Å²) >= 11 is 1.40. The number of ether oxygens (including phenoxy) is 1. The van der Waals surface area contributed by atoms with E-state index < -0.39 is 0 Å². The molecule has 0 aliphatic carbocycles. The lowest BCUT2D eigenvalue weighted by molar-refractivity contribution is -0.133. The van der Waals surface area contributed by atoms with Gasteiger partial charge >= 0.3 is 0 Å². The summed E-state index contributed by atoms with van der Waals surface area (Å²) in [6, 6.07) is 17.6. The van der Waals surface area contributed by atoms with Gasteiger partial charge in [-0.1, -0.05) is 36.4 Å². The number of carbonyl (C=O) groups excluding carboxylic acids is 2. The highest BCUT2D eigenvalue weighted by Gasteiger charge is 2.23. The van der Waals surface area contributed by atoms with Crippen molar-refractivity contribution in [3.63, 3.8) is 0 Å². The first-order valence-electron chi connectivity index (χ1n) is 10.9. The number of amides is 2. The second-order valence-corrected chi connectivity index (χ2v) is 8.55. The third kappa shape index (κ3) is 6.80. The molecule has 7 heteroatoms. The zero-order chi connectivity index (χ0) is 22.8. The maximum atomic E-state index is 13.5. The lowest BCUT2D eigenvalue weighted by Gasteiger charge is -2.28. The third-order valence-electron chi connectivity index (χ3n) is 5.24. The van der Waals surface area contributed by atoms with Crippen LogP contribution in [0.3, 0.4) is 0 Å². The lowest BCUT2D eigenvalue weighted by atomic mass is 10.2. The summed E-state index contributed by atoms with van der Waals surface area (Å²) in [4.78, 5) is 30.6. The molecule has 0 radical (unpaired) electrons. The van der Waals surface area contributed by atoms with Crippen LogP contribution in [0.1, 0.15) is 34.3 Å². The minimum Gasteiger partial charge on any atom is -0.382 e. The van der Waals surface area contributed by atoms with Gasteiger partial charge in [0.25, 0.3) is 5.91 Å². The molecule has 170 valence electrons. The van der Waals surface area contributed by atoms with Crippen LogP contribution >= 0.6 is 11.3 Å². The molecule has 6 nitrogen and oxygen atoms in total. The second kappa shape index (κ2) is 12.2. The van der Waals surface area contributed by atoms with Crippen molar-refractivity contribution in [1.29, 1.82) is 0 Å². The molecule has 2 heterocycles. The zero-order valence-corrected chi connectivity index (χ0v) is 19.6. The van der Waals surface area contributed by atoms with E-state index in [4.69, 9.17) is 4.74 Å². The predicted octanol–water partition coefficient (Wildman–Crippen LogP) is 4.18. The molecule has 3 rings (SSSR count). The molecule has 0 bridgehead atoms. The molecule has 0 saturated carbocycles. The Morgan fingerprint density at radius 1 is 1.00 bits per heavy atom. The first-order valence-corrected chi connectivity index (χ1v) is 11.8. The minimum absolute atomic E-state index is 0.0418. The summed E-state index contributed by atoms with van der Waals surface area (Å²) < 4.78 is 7.45. The predicted molar refractivity (Wildman–Crippen MR) is 127 cm³/mol. The molecule has 0 atom stereocenters. The number of benzene rings is 1. The van der Waals surface area contributed by atoms with Gasteiger partial charge in [-0.2, -0.15) is 0 Å². The van der Waals surface area contributed by atoms with E-state index in [1.54, 1.807) is 11.0 Å². The van der Waals surface area contributed by atoms with Gasteiger partial charge in [0.15, 0.2) is 0 Å². The maximum absolute atomic E-state index is 13.5. The van der Waals surface area contributed by atoms with E-state index >= 15 is 0 Å². The largest absolute Gasteiger partial charge is 0.382 e. The second-order valence-electron chi connectivity index (χ2n) is 7.60. The fraction of sp³-hybridized carbons (Fsp3) is 0.360. The third-order valence-corrected chi connectivity index (χ3v) is 6.10. The topological polar surface area (TPSA) is 54.8 Å². The van der Waals surface area contributed by atoms with Crippen molar-refractivity contribution in [1.82, 2.24) is 14.4 Å². The lowest BCUT2D eigenvalue weighted by Crippen LogP contribution is -2.43. The van der Waals surface area contributed by atoms with Crippen LogP contribution < -0.4 is 0 Å². The molecular weight excluding hydrogens is 422 g/mol. The van der Waals surface area contributed by atoms with Crippen LogP contribution in [0.15, 0.2) is 66.2 Å². The van der Waals surface area contributed by atoms with Gasteiger partial charge in [-0.05, 0) is 42.5 Å². The van der Waals surface area contributed by atoms with Gasteiger partial charge in [0.05, 0.1) is 11.4 Å². The number of carbonyl (C=O) groups is 2. The van der Waals surface area contributed by atoms with Crippen molar-refractivity contribution in [2.45, 2.75) is 26.4 Å². The Hall–Kier alpha value is -2.90. The van der Waals surface area contributed by atoms with Crippen LogP contribution in [0, 0.1) is 0 Å². The number of aryl methyl sites for hydroxylation is 1. The van der Waals surface area contributed by atoms with Gasteiger partial charge < -0.3 is 19.1 Å². The van der Waals surface area contributed by atoms with E-state index in [1.165, 1.54) is 11.3 Å². The Labute approximate surface area is 194 Å². The van der Waals surface area contributed by atoms with Crippen LogP contribution in [0.25, 0.3) is 0 Å². The zero-order valence-electron chi connectivity index (χ0n) is 18.8. The Morgan fingerprint density at radius 3 is 2.47 bits per heavy atom. The van der Waals surface area contributed by atoms with E-state index in [0.717, 1.165) is 11.3 Å². The molecule has 0 N–H and O–H groups in total. The number of hydrogen-bond acceptors (Lipinski definition) is 4. The Morgan fingerprint density at radius 2 is 1.81 bits per heavy atom. The Balaban J connectivity index is 1.76. The highest BCUT2D eigenvalue weighted by atomic mass is 32.1. The maximum Gasteiger partial charge on any atom is 0.264 e. The summed E-state index contributed by atoms with van der Waals surface area (Å²) in [5.74, 6) is -0.181. The monoisotopic (exact) mass is 453 g/mol. The molecule has 0 aliphatic heterocycles. The van der Waals surface area contributed by atoms with Crippen molar-refractivity contribution >= 4 is 23.2 Å². The summed E-state index contributed by atoms with van der Waals surface area (Å²) in [6.07, 6.45) is 2.66. The van der Waals surface area contributed by atoms with Crippen LogP contribution in [0.5, 0.6) is 0 Å². The van der Waals surface area contributed by atoms with Gasteiger partial charge in [0.2, 0.25) is 5.91 Å². The normalized spacial score (nSPS) is 10.8. The highest BCUT2D eigenvalue weighted by molar-refractivity contribution is 7.12. The molecule has 0 spiro atoms. The molecule has 1 aromatic carbocycles. The smallest absolute Gasteiger partial charge is 0.264 e. The quantitative estimate of drug-likeness (QED) is 0.387. The number of rotatable bonds is 12. The first kappa shape index (κ1) is 23.8. The number of nitrogens with zero attached hydrogens (tertiary/aromatic N) is 3. The fourth-order valence-corrected chi connectivity index (χ4v) is 4.16. The molecule has 0 fully saturated rings. The first-order chi connectivity index (χ1) is 15.6. The molecular formula is C25H31N3O3S. The van der Waals surface area contributed by atoms with Crippen LogP contribution in [-0.2, 0) is 29.7 Å². The Kier molecular flexibility index (Phi) is 9.07. The molecule has 2 amide bonds. The minimum atomic E-state index is -0.108. The average molecular weight is 454 g/mol. The van der Waals surface area contributed by atoms with Crippen molar-refractivity contribution in [2.75, 3.05) is 26.3 Å². The van der Waals surface area contributed by atoms with Crippen molar-refractivity contribution < 1.29 is 14.3 Å². The molecule has 0 aliphatic rings. The van der Waals surface area contributed by atoms with E-state index in [9.17, 15) is 9.59 Å². The molecule has 32 heavy (non-hydrogen) atoms. The standard InChI is InChI=1S/C25H31N3O3S/c1-3-31-16-9-15-27(25(30)23-13-8-17-32-23)20-24(29)28(18-21-10-5-4-6-11-21)19-22-12-7-14-26(22)2/h4-8,10-14,17H,3,9,15-16,18-20H2,1-2H3. The van der Waals surface area contributed by atoms with Gasteiger partial charge in [0.1, 0.15) is 6.54 Å². The van der Waals surface area contributed by atoms with E-state index in [1.807, 2.05) is 83.5 Å². The van der Waals surface area contributed by atoms with E-state index in [-0.39, 0.29) is 18.4 Å². The van der Waals surface area contributed by atoms with Crippen LogP contribution in [0.2, 0.25) is 0 Å².